The van der Waals surface area contributed by atoms with E-state index in [1.54, 1.807) is 37.4 Å². The molecule has 1 atom stereocenters. The van der Waals surface area contributed by atoms with Crippen molar-refractivity contribution in [1.29, 1.82) is 0 Å². The molecule has 0 aliphatic carbocycles. The van der Waals surface area contributed by atoms with Crippen molar-refractivity contribution in [2.24, 2.45) is 0 Å². The van der Waals surface area contributed by atoms with Gasteiger partial charge in [0, 0.05) is 31.3 Å². The highest BCUT2D eigenvalue weighted by molar-refractivity contribution is 5.97. The van der Waals surface area contributed by atoms with Gasteiger partial charge in [-0.25, -0.2) is 0 Å². The Kier molecular flexibility index (Phi) is 8.28. The Balaban J connectivity index is 1.44. The molecule has 0 fully saturated rings. The molecule has 3 heterocycles. The number of rotatable bonds is 3. The van der Waals surface area contributed by atoms with Crippen molar-refractivity contribution in [2.75, 3.05) is 32.1 Å². The highest BCUT2D eigenvalue weighted by atomic mass is 16.5. The molecule has 0 radical (unpaired) electrons. The number of phenols is 1. The average molecular weight is 608 g/mol. The Labute approximate surface area is 260 Å². The van der Waals surface area contributed by atoms with Gasteiger partial charge in [0.05, 0.1) is 25.3 Å². The number of hydrogen-bond acceptors (Lipinski definition) is 7. The van der Waals surface area contributed by atoms with Crippen LogP contribution in [0, 0.1) is 0 Å². The Hall–Kier alpha value is -5.51. The van der Waals surface area contributed by atoms with Gasteiger partial charge in [0.1, 0.15) is 17.2 Å². The van der Waals surface area contributed by atoms with Gasteiger partial charge >= 0.3 is 0 Å². The zero-order valence-corrected chi connectivity index (χ0v) is 25.0. The SMILES string of the molecule is COc1cc2c3cc1Oc1ccc(O)c(c1)C(=O)NCCCOc1cccc(c1)C2N(C(=O)c1ccc(NC(C)=O)cc1)CC3. The molecule has 4 aromatic carbocycles. The molecule has 0 aromatic heterocycles. The molecule has 3 aliphatic rings. The third-order valence-electron chi connectivity index (χ3n) is 7.86. The Morgan fingerprint density at radius 2 is 1.84 bits per heavy atom. The van der Waals surface area contributed by atoms with E-state index in [2.05, 4.69) is 10.6 Å². The van der Waals surface area contributed by atoms with Crippen molar-refractivity contribution in [2.45, 2.75) is 25.8 Å². The predicted molar refractivity (Wildman–Crippen MR) is 167 cm³/mol. The molecule has 45 heavy (non-hydrogen) atoms. The summed E-state index contributed by atoms with van der Waals surface area (Å²) >= 11 is 0. The molecule has 0 saturated carbocycles. The molecule has 230 valence electrons. The number of hydrogen-bond donors (Lipinski definition) is 3. The first-order chi connectivity index (χ1) is 21.8. The molecule has 3 aliphatic heterocycles. The Morgan fingerprint density at radius 3 is 2.62 bits per heavy atom. The van der Waals surface area contributed by atoms with E-state index >= 15 is 0 Å². The summed E-state index contributed by atoms with van der Waals surface area (Å²) in [5.74, 6) is 0.970. The monoisotopic (exact) mass is 607 g/mol. The summed E-state index contributed by atoms with van der Waals surface area (Å²) < 4.78 is 18.0. The Morgan fingerprint density at radius 1 is 1.02 bits per heavy atom. The van der Waals surface area contributed by atoms with Crippen LogP contribution >= 0.6 is 0 Å². The summed E-state index contributed by atoms with van der Waals surface area (Å²) in [4.78, 5) is 40.2. The summed E-state index contributed by atoms with van der Waals surface area (Å²) in [6, 6.07) is 22.4. The van der Waals surface area contributed by atoms with Crippen LogP contribution < -0.4 is 24.8 Å². The van der Waals surface area contributed by atoms with Crippen LogP contribution in [0.4, 0.5) is 5.69 Å². The fourth-order valence-electron chi connectivity index (χ4n) is 5.73. The molecule has 8 bridgehead atoms. The molecule has 0 spiro atoms. The second kappa shape index (κ2) is 12.6. The third-order valence-corrected chi connectivity index (χ3v) is 7.86. The molecular formula is C35H33N3O7. The van der Waals surface area contributed by atoms with E-state index in [1.807, 2.05) is 41.3 Å². The zero-order valence-electron chi connectivity index (χ0n) is 25.0. The van der Waals surface area contributed by atoms with Crippen LogP contribution in [0.5, 0.6) is 28.7 Å². The Bertz CT molecular complexity index is 1770. The number of aromatic hydroxyl groups is 1. The van der Waals surface area contributed by atoms with Crippen molar-refractivity contribution in [1.82, 2.24) is 10.2 Å². The highest BCUT2D eigenvalue weighted by Gasteiger charge is 2.34. The summed E-state index contributed by atoms with van der Waals surface area (Å²) in [6.07, 6.45) is 1.10. The molecule has 3 amide bonds. The van der Waals surface area contributed by atoms with E-state index < -0.39 is 11.9 Å². The normalized spacial score (nSPS) is 15.9. The first-order valence-corrected chi connectivity index (χ1v) is 14.7. The van der Waals surface area contributed by atoms with Gasteiger partial charge in [-0.15, -0.1) is 0 Å². The molecule has 0 saturated heterocycles. The van der Waals surface area contributed by atoms with Crippen LogP contribution in [0.3, 0.4) is 0 Å². The number of anilines is 1. The number of amides is 3. The minimum absolute atomic E-state index is 0.0958. The first kappa shape index (κ1) is 29.6. The lowest BCUT2D eigenvalue weighted by Gasteiger charge is -2.38. The zero-order chi connectivity index (χ0) is 31.5. The first-order valence-electron chi connectivity index (χ1n) is 14.7. The maximum atomic E-state index is 14.1. The highest BCUT2D eigenvalue weighted by Crippen LogP contribution is 2.43. The number of nitrogens with one attached hydrogen (secondary N) is 2. The predicted octanol–water partition coefficient (Wildman–Crippen LogP) is 5.45. The van der Waals surface area contributed by atoms with Crippen molar-refractivity contribution in [3.05, 3.63) is 107 Å². The van der Waals surface area contributed by atoms with Crippen LogP contribution in [-0.4, -0.2) is 54.5 Å². The lowest BCUT2D eigenvalue weighted by molar-refractivity contribution is -0.114. The van der Waals surface area contributed by atoms with Crippen molar-refractivity contribution >= 4 is 23.4 Å². The van der Waals surface area contributed by atoms with E-state index in [-0.39, 0.29) is 23.1 Å². The van der Waals surface area contributed by atoms with Crippen LogP contribution in [0.25, 0.3) is 0 Å². The maximum Gasteiger partial charge on any atom is 0.255 e. The van der Waals surface area contributed by atoms with Crippen LogP contribution in [-0.2, 0) is 11.2 Å². The number of ether oxygens (including phenoxy) is 3. The van der Waals surface area contributed by atoms with E-state index in [0.717, 1.165) is 16.7 Å². The van der Waals surface area contributed by atoms with Crippen molar-refractivity contribution < 1.29 is 33.7 Å². The number of fused-ring (bicyclic) bond motifs is 6. The molecule has 10 heteroatoms. The molecule has 7 rings (SSSR count). The fraction of sp³-hybridized carbons (Fsp3) is 0.229. The summed E-state index contributed by atoms with van der Waals surface area (Å²) in [5, 5.41) is 15.9. The topological polar surface area (TPSA) is 126 Å². The van der Waals surface area contributed by atoms with Crippen LogP contribution in [0.15, 0.2) is 78.9 Å². The number of carbonyl (C=O) groups is 3. The van der Waals surface area contributed by atoms with E-state index in [1.165, 1.54) is 19.1 Å². The van der Waals surface area contributed by atoms with Gasteiger partial charge < -0.3 is 34.9 Å². The quantitative estimate of drug-likeness (QED) is 0.283. The third kappa shape index (κ3) is 6.26. The van der Waals surface area contributed by atoms with Gasteiger partial charge in [-0.2, -0.15) is 0 Å². The van der Waals surface area contributed by atoms with Gasteiger partial charge in [-0.3, -0.25) is 14.4 Å². The smallest absolute Gasteiger partial charge is 0.255 e. The van der Waals surface area contributed by atoms with Crippen LogP contribution in [0.1, 0.15) is 56.8 Å². The minimum atomic E-state index is -0.457. The molecule has 10 nitrogen and oxygen atoms in total. The van der Waals surface area contributed by atoms with Gasteiger partial charge in [-0.05, 0) is 96.3 Å². The van der Waals surface area contributed by atoms with Gasteiger partial charge in [0.15, 0.2) is 11.5 Å². The fourth-order valence-corrected chi connectivity index (χ4v) is 5.73. The van der Waals surface area contributed by atoms with Crippen LogP contribution in [0.2, 0.25) is 0 Å². The largest absolute Gasteiger partial charge is 0.507 e. The second-order valence-electron chi connectivity index (χ2n) is 10.9. The standard InChI is InChI=1S/C35H33N3O7/c1-21(39)37-25-9-7-22(8-10-25)35(42)38-15-13-23-18-32-31(43-2)20-28(23)33(38)24-5-3-6-26(17-24)44-16-4-14-36-34(41)29-19-27(45-32)11-12-30(29)40/h3,5-12,17-20,33,40H,4,13-16H2,1-2H3,(H,36,41)(H,37,39). The minimum Gasteiger partial charge on any atom is -0.507 e. The molecule has 1 unspecified atom stereocenters. The van der Waals surface area contributed by atoms with Gasteiger partial charge in [-0.1, -0.05) is 12.1 Å². The van der Waals surface area contributed by atoms with Crippen molar-refractivity contribution in [3.63, 3.8) is 0 Å². The number of carbonyl (C=O) groups excluding carboxylic acids is 3. The number of methoxy groups -OCH3 is 1. The van der Waals surface area contributed by atoms with Crippen molar-refractivity contribution in [3.8, 4) is 28.7 Å². The van der Waals surface area contributed by atoms with E-state index in [4.69, 9.17) is 14.2 Å². The number of nitrogens with zero attached hydrogens (tertiary/aromatic N) is 1. The average Bonchev–Trinajstić information content (AvgIpc) is 3.04. The number of phenolic OH excluding ortho intramolecular Hbond substituents is 1. The lowest BCUT2D eigenvalue weighted by Crippen LogP contribution is -2.40. The van der Waals surface area contributed by atoms with E-state index in [9.17, 15) is 19.5 Å². The summed E-state index contributed by atoms with van der Waals surface area (Å²) in [7, 11) is 1.54. The molecule has 3 N–H and O–H groups in total. The molecule has 4 aromatic rings. The summed E-state index contributed by atoms with van der Waals surface area (Å²) in [5.41, 5.74) is 3.93. The number of benzene rings is 4. The summed E-state index contributed by atoms with van der Waals surface area (Å²) in [6.45, 7) is 2.56. The van der Waals surface area contributed by atoms with E-state index in [0.29, 0.717) is 66.8 Å². The van der Waals surface area contributed by atoms with Gasteiger partial charge in [0.2, 0.25) is 5.91 Å². The second-order valence-corrected chi connectivity index (χ2v) is 10.9. The molecular weight excluding hydrogens is 574 g/mol. The van der Waals surface area contributed by atoms with Gasteiger partial charge in [0.25, 0.3) is 11.8 Å². The maximum absolute atomic E-state index is 14.1. The lowest BCUT2D eigenvalue weighted by atomic mass is 9.87.